The zero-order valence-corrected chi connectivity index (χ0v) is 11.3. The van der Waals surface area contributed by atoms with Gasteiger partial charge in [0.15, 0.2) is 0 Å². The Hall–Kier alpha value is -0.540. The van der Waals surface area contributed by atoms with Crippen LogP contribution in [0.15, 0.2) is 16.6 Å². The number of hydrogen-bond acceptors (Lipinski definition) is 2. The maximum absolute atomic E-state index is 10.1. The summed E-state index contributed by atoms with van der Waals surface area (Å²) in [5, 5.41) is 10.1. The first-order chi connectivity index (χ1) is 7.65. The van der Waals surface area contributed by atoms with Crippen molar-refractivity contribution in [2.75, 3.05) is 6.61 Å². The minimum Gasteiger partial charge on any atom is -0.494 e. The van der Waals surface area contributed by atoms with E-state index in [1.807, 2.05) is 19.1 Å². The molecule has 0 fully saturated rings. The molecule has 0 radical (unpaired) electrons. The topological polar surface area (TPSA) is 29.5 Å². The lowest BCUT2D eigenvalue weighted by Gasteiger charge is -2.29. The number of rotatable bonds is 2. The average molecular weight is 285 g/mol. The molecule has 16 heavy (non-hydrogen) atoms. The number of aliphatic hydroxyl groups is 1. The summed E-state index contributed by atoms with van der Waals surface area (Å²) in [6.07, 6.45) is 1.49. The smallest absolute Gasteiger partial charge is 0.123 e. The molecule has 88 valence electrons. The van der Waals surface area contributed by atoms with Crippen molar-refractivity contribution >= 4 is 15.9 Å². The highest BCUT2D eigenvalue weighted by Crippen LogP contribution is 2.45. The molecule has 1 N–H and O–H groups in total. The van der Waals surface area contributed by atoms with Gasteiger partial charge in [0, 0.05) is 15.6 Å². The van der Waals surface area contributed by atoms with Gasteiger partial charge in [-0.05, 0) is 37.8 Å². The van der Waals surface area contributed by atoms with E-state index in [1.54, 1.807) is 0 Å². The molecule has 0 bridgehead atoms. The first kappa shape index (κ1) is 11.9. The molecule has 0 saturated heterocycles. The maximum Gasteiger partial charge on any atom is 0.123 e. The van der Waals surface area contributed by atoms with Crippen LogP contribution in [0.4, 0.5) is 0 Å². The largest absolute Gasteiger partial charge is 0.494 e. The number of halogens is 1. The van der Waals surface area contributed by atoms with E-state index < -0.39 is 0 Å². The number of hydrogen-bond donors (Lipinski definition) is 1. The van der Waals surface area contributed by atoms with Crippen molar-refractivity contribution in [1.82, 2.24) is 0 Å². The third-order valence-corrected chi connectivity index (χ3v) is 3.88. The fraction of sp³-hybridized carbons (Fsp3) is 0.538. The van der Waals surface area contributed by atoms with E-state index >= 15 is 0 Å². The molecule has 0 amide bonds. The van der Waals surface area contributed by atoms with Gasteiger partial charge in [0.2, 0.25) is 0 Å². The fourth-order valence-electron chi connectivity index (χ4n) is 2.41. The molecule has 0 aliphatic heterocycles. The standard InChI is InChI=1S/C13H17BrO2/c1-3-16-11-7-5-9(14)13-10(15)6-4-8(2)12(11)13/h5,7-8,10,15H,3-4,6H2,1-2H3. The third-order valence-electron chi connectivity index (χ3n) is 3.19. The van der Waals surface area contributed by atoms with Crippen molar-refractivity contribution in [1.29, 1.82) is 0 Å². The number of fused-ring (bicyclic) bond motifs is 1. The van der Waals surface area contributed by atoms with Crippen molar-refractivity contribution < 1.29 is 9.84 Å². The van der Waals surface area contributed by atoms with E-state index in [1.165, 1.54) is 5.56 Å². The molecule has 0 spiro atoms. The van der Waals surface area contributed by atoms with Gasteiger partial charge in [-0.1, -0.05) is 22.9 Å². The minimum absolute atomic E-state index is 0.360. The van der Waals surface area contributed by atoms with Crippen molar-refractivity contribution in [3.8, 4) is 5.75 Å². The van der Waals surface area contributed by atoms with E-state index in [2.05, 4.69) is 22.9 Å². The zero-order chi connectivity index (χ0) is 11.7. The summed E-state index contributed by atoms with van der Waals surface area (Å²) in [4.78, 5) is 0. The monoisotopic (exact) mass is 284 g/mol. The molecule has 0 saturated carbocycles. The molecule has 0 heterocycles. The van der Waals surface area contributed by atoms with Crippen LogP contribution in [-0.4, -0.2) is 11.7 Å². The van der Waals surface area contributed by atoms with E-state index in [0.29, 0.717) is 12.5 Å². The van der Waals surface area contributed by atoms with Gasteiger partial charge in [-0.15, -0.1) is 0 Å². The van der Waals surface area contributed by atoms with Crippen molar-refractivity contribution in [3.63, 3.8) is 0 Å². The molecule has 2 atom stereocenters. The zero-order valence-electron chi connectivity index (χ0n) is 9.66. The van der Waals surface area contributed by atoms with E-state index in [9.17, 15) is 5.11 Å². The van der Waals surface area contributed by atoms with Crippen molar-refractivity contribution in [2.24, 2.45) is 0 Å². The minimum atomic E-state index is -0.360. The van der Waals surface area contributed by atoms with Crippen molar-refractivity contribution in [2.45, 2.75) is 38.7 Å². The second kappa shape index (κ2) is 4.76. The van der Waals surface area contributed by atoms with Crippen LogP contribution in [0.5, 0.6) is 5.75 Å². The molecular weight excluding hydrogens is 268 g/mol. The highest BCUT2D eigenvalue weighted by Gasteiger charge is 2.28. The summed E-state index contributed by atoms with van der Waals surface area (Å²) in [5.41, 5.74) is 2.19. The Balaban J connectivity index is 2.55. The highest BCUT2D eigenvalue weighted by atomic mass is 79.9. The van der Waals surface area contributed by atoms with Crippen LogP contribution in [-0.2, 0) is 0 Å². The third kappa shape index (κ3) is 1.98. The van der Waals surface area contributed by atoms with Gasteiger partial charge in [0.05, 0.1) is 12.7 Å². The Morgan fingerprint density at radius 3 is 2.81 bits per heavy atom. The molecule has 2 unspecified atom stereocenters. The number of ether oxygens (including phenoxy) is 1. The van der Waals surface area contributed by atoms with Crippen LogP contribution in [0.1, 0.15) is 49.8 Å². The molecule has 3 heteroatoms. The predicted octanol–water partition coefficient (Wildman–Crippen LogP) is 3.78. The van der Waals surface area contributed by atoms with Crippen LogP contribution in [0.3, 0.4) is 0 Å². The summed E-state index contributed by atoms with van der Waals surface area (Å²) in [6, 6.07) is 3.95. The van der Waals surface area contributed by atoms with E-state index in [-0.39, 0.29) is 6.10 Å². The molecule has 1 aliphatic rings. The number of benzene rings is 1. The maximum atomic E-state index is 10.1. The Kier molecular flexibility index (Phi) is 3.55. The van der Waals surface area contributed by atoms with Gasteiger partial charge < -0.3 is 9.84 Å². The fourth-order valence-corrected chi connectivity index (χ4v) is 3.02. The summed E-state index contributed by atoms with van der Waals surface area (Å²) < 4.78 is 6.64. The normalized spacial score (nSPS) is 24.0. The summed E-state index contributed by atoms with van der Waals surface area (Å²) in [6.45, 7) is 4.84. The quantitative estimate of drug-likeness (QED) is 0.896. The predicted molar refractivity (Wildman–Crippen MR) is 67.9 cm³/mol. The Labute approximate surface area is 105 Å². The van der Waals surface area contributed by atoms with Crippen molar-refractivity contribution in [3.05, 3.63) is 27.7 Å². The van der Waals surface area contributed by atoms with Gasteiger partial charge in [-0.3, -0.25) is 0 Å². The van der Waals surface area contributed by atoms with Crippen LogP contribution < -0.4 is 4.74 Å². The molecular formula is C13H17BrO2. The van der Waals surface area contributed by atoms with Crippen LogP contribution in [0.2, 0.25) is 0 Å². The lowest BCUT2D eigenvalue weighted by Crippen LogP contribution is -2.15. The molecule has 2 nitrogen and oxygen atoms in total. The molecule has 0 aromatic heterocycles. The molecule has 1 aromatic carbocycles. The summed E-state index contributed by atoms with van der Waals surface area (Å²) in [7, 11) is 0. The first-order valence-corrected chi connectivity index (χ1v) is 6.57. The molecule has 1 aromatic rings. The SMILES string of the molecule is CCOc1ccc(Br)c2c1C(C)CCC2O. The van der Waals surface area contributed by atoms with Gasteiger partial charge >= 0.3 is 0 Å². The Bertz CT molecular complexity index is 390. The van der Waals surface area contributed by atoms with Crippen LogP contribution in [0.25, 0.3) is 0 Å². The van der Waals surface area contributed by atoms with E-state index in [4.69, 9.17) is 4.74 Å². The van der Waals surface area contributed by atoms with Gasteiger partial charge in [-0.25, -0.2) is 0 Å². The molecule has 1 aliphatic carbocycles. The van der Waals surface area contributed by atoms with Gasteiger partial charge in [-0.2, -0.15) is 0 Å². The Morgan fingerprint density at radius 2 is 2.12 bits per heavy atom. The Morgan fingerprint density at radius 1 is 1.38 bits per heavy atom. The van der Waals surface area contributed by atoms with Gasteiger partial charge in [0.1, 0.15) is 5.75 Å². The second-order valence-electron chi connectivity index (χ2n) is 4.30. The van der Waals surface area contributed by atoms with Gasteiger partial charge in [0.25, 0.3) is 0 Å². The van der Waals surface area contributed by atoms with Crippen LogP contribution in [0, 0.1) is 0 Å². The summed E-state index contributed by atoms with van der Waals surface area (Å²) >= 11 is 3.52. The first-order valence-electron chi connectivity index (χ1n) is 5.78. The second-order valence-corrected chi connectivity index (χ2v) is 5.15. The van der Waals surface area contributed by atoms with Crippen LogP contribution >= 0.6 is 15.9 Å². The lowest BCUT2D eigenvalue weighted by molar-refractivity contribution is 0.149. The average Bonchev–Trinajstić information content (AvgIpc) is 2.26. The highest BCUT2D eigenvalue weighted by molar-refractivity contribution is 9.10. The van der Waals surface area contributed by atoms with E-state index in [0.717, 1.165) is 28.6 Å². The number of aliphatic hydroxyl groups excluding tert-OH is 1. The molecule has 2 rings (SSSR count). The lowest BCUT2D eigenvalue weighted by atomic mass is 9.82. The summed E-state index contributed by atoms with van der Waals surface area (Å²) in [5.74, 6) is 1.38.